The first kappa shape index (κ1) is 14.6. The van der Waals surface area contributed by atoms with Gasteiger partial charge in [-0.2, -0.15) is 5.10 Å². The molecule has 1 N–H and O–H groups in total. The number of halogens is 1. The van der Waals surface area contributed by atoms with Crippen LogP contribution >= 0.6 is 0 Å². The van der Waals surface area contributed by atoms with Crippen molar-refractivity contribution >= 4 is 5.91 Å². The molecule has 4 rings (SSSR count). The van der Waals surface area contributed by atoms with Crippen LogP contribution in [0.4, 0.5) is 4.39 Å². The summed E-state index contributed by atoms with van der Waals surface area (Å²) in [5, 5.41) is 15.1. The normalized spacial score (nSPS) is 17.2. The highest BCUT2D eigenvalue weighted by Crippen LogP contribution is 2.28. The fourth-order valence-corrected chi connectivity index (χ4v) is 3.02. The Morgan fingerprint density at radius 1 is 1.33 bits per heavy atom. The summed E-state index contributed by atoms with van der Waals surface area (Å²) in [4.78, 5) is 14.4. The number of rotatable bonds is 3. The lowest BCUT2D eigenvalue weighted by molar-refractivity contribution is -0.137. The van der Waals surface area contributed by atoms with E-state index in [1.165, 1.54) is 12.1 Å². The van der Waals surface area contributed by atoms with Crippen LogP contribution in [-0.4, -0.2) is 35.8 Å². The average molecular weight is 326 g/mol. The molecule has 3 heterocycles. The van der Waals surface area contributed by atoms with Gasteiger partial charge in [0.1, 0.15) is 17.6 Å². The summed E-state index contributed by atoms with van der Waals surface area (Å²) in [6.45, 7) is 2.49. The number of aromatic amines is 1. The van der Waals surface area contributed by atoms with Crippen molar-refractivity contribution in [2.24, 2.45) is 0 Å². The third kappa shape index (κ3) is 2.36. The molecule has 1 aliphatic heterocycles. The van der Waals surface area contributed by atoms with Crippen LogP contribution in [0.5, 0.6) is 0 Å². The van der Waals surface area contributed by atoms with Gasteiger partial charge in [-0.1, -0.05) is 12.1 Å². The molecule has 0 fully saturated rings. The van der Waals surface area contributed by atoms with E-state index < -0.39 is 6.04 Å². The van der Waals surface area contributed by atoms with Gasteiger partial charge in [-0.25, -0.2) is 4.39 Å². The molecular formula is C16H15FN6O. The second kappa shape index (κ2) is 5.55. The quantitative estimate of drug-likeness (QED) is 0.797. The third-order valence-electron chi connectivity index (χ3n) is 4.16. The largest absolute Gasteiger partial charge is 0.329 e. The van der Waals surface area contributed by atoms with Crippen molar-refractivity contribution in [1.82, 2.24) is 29.9 Å². The van der Waals surface area contributed by atoms with Crippen LogP contribution in [0.15, 0.2) is 36.5 Å². The van der Waals surface area contributed by atoms with Crippen LogP contribution in [0.2, 0.25) is 0 Å². The summed E-state index contributed by atoms with van der Waals surface area (Å²) in [6, 6.07) is 7.62. The van der Waals surface area contributed by atoms with E-state index in [1.54, 1.807) is 29.3 Å². The Morgan fingerprint density at radius 2 is 2.21 bits per heavy atom. The smallest absolute Gasteiger partial charge is 0.246 e. The molecule has 24 heavy (non-hydrogen) atoms. The number of aromatic nitrogens is 5. The highest BCUT2D eigenvalue weighted by Gasteiger charge is 2.33. The number of hydrogen-bond acceptors (Lipinski definition) is 4. The van der Waals surface area contributed by atoms with E-state index in [1.807, 2.05) is 11.5 Å². The SMILES string of the molecule is C[C@H]1C(=O)N(Cc2cccc(F)c2)Cc2nnc(-c3ccn[nH]3)n21. The fraction of sp³-hybridized carbons (Fsp3) is 0.250. The molecule has 7 nitrogen and oxygen atoms in total. The Morgan fingerprint density at radius 3 is 2.96 bits per heavy atom. The van der Waals surface area contributed by atoms with Crippen LogP contribution in [0.3, 0.4) is 0 Å². The summed E-state index contributed by atoms with van der Waals surface area (Å²) in [5.41, 5.74) is 1.46. The van der Waals surface area contributed by atoms with Gasteiger partial charge in [-0.05, 0) is 30.7 Å². The zero-order chi connectivity index (χ0) is 16.7. The van der Waals surface area contributed by atoms with Crippen LogP contribution in [0.25, 0.3) is 11.5 Å². The van der Waals surface area contributed by atoms with Gasteiger partial charge in [-0.3, -0.25) is 14.5 Å². The maximum atomic E-state index is 13.4. The Kier molecular flexibility index (Phi) is 3.37. The number of carbonyl (C=O) groups excluding carboxylic acids is 1. The molecule has 8 heteroatoms. The van der Waals surface area contributed by atoms with Crippen molar-refractivity contribution in [1.29, 1.82) is 0 Å². The molecule has 2 aromatic heterocycles. The van der Waals surface area contributed by atoms with Gasteiger partial charge < -0.3 is 4.90 Å². The molecule has 1 aliphatic rings. The predicted octanol–water partition coefficient (Wildman–Crippen LogP) is 1.91. The molecule has 0 saturated carbocycles. The van der Waals surface area contributed by atoms with Crippen molar-refractivity contribution in [3.8, 4) is 11.5 Å². The number of fused-ring (bicyclic) bond motifs is 1. The minimum Gasteiger partial charge on any atom is -0.329 e. The first-order valence-electron chi connectivity index (χ1n) is 7.60. The zero-order valence-corrected chi connectivity index (χ0v) is 13.0. The summed E-state index contributed by atoms with van der Waals surface area (Å²) < 4.78 is 15.2. The lowest BCUT2D eigenvalue weighted by Crippen LogP contribution is -2.41. The predicted molar refractivity (Wildman–Crippen MR) is 83.0 cm³/mol. The van der Waals surface area contributed by atoms with Gasteiger partial charge in [-0.15, -0.1) is 10.2 Å². The number of carbonyl (C=O) groups is 1. The first-order chi connectivity index (χ1) is 11.6. The van der Waals surface area contributed by atoms with Crippen LogP contribution in [0.1, 0.15) is 24.4 Å². The molecule has 0 saturated heterocycles. The van der Waals surface area contributed by atoms with Gasteiger partial charge in [0.2, 0.25) is 5.91 Å². The van der Waals surface area contributed by atoms with E-state index in [2.05, 4.69) is 20.4 Å². The molecule has 122 valence electrons. The number of hydrogen-bond donors (Lipinski definition) is 1. The maximum Gasteiger partial charge on any atom is 0.246 e. The molecule has 0 radical (unpaired) electrons. The minimum absolute atomic E-state index is 0.0488. The summed E-state index contributed by atoms with van der Waals surface area (Å²) in [6.07, 6.45) is 1.63. The van der Waals surface area contributed by atoms with E-state index >= 15 is 0 Å². The Hall–Kier alpha value is -3.03. The first-order valence-corrected chi connectivity index (χ1v) is 7.60. The van der Waals surface area contributed by atoms with Crippen LogP contribution in [0, 0.1) is 5.82 Å². The molecule has 3 aromatic rings. The Labute approximate surface area is 137 Å². The van der Waals surface area contributed by atoms with E-state index in [9.17, 15) is 9.18 Å². The highest BCUT2D eigenvalue weighted by atomic mass is 19.1. The van der Waals surface area contributed by atoms with Crippen molar-refractivity contribution in [3.05, 3.63) is 53.7 Å². The van der Waals surface area contributed by atoms with E-state index in [0.717, 1.165) is 5.56 Å². The number of H-pyrrole nitrogens is 1. The molecule has 1 amide bonds. The molecule has 0 aliphatic carbocycles. The zero-order valence-electron chi connectivity index (χ0n) is 13.0. The number of benzene rings is 1. The van der Waals surface area contributed by atoms with Gasteiger partial charge in [0.05, 0.1) is 6.54 Å². The highest BCUT2D eigenvalue weighted by molar-refractivity contribution is 5.81. The third-order valence-corrected chi connectivity index (χ3v) is 4.16. The van der Waals surface area contributed by atoms with E-state index in [0.29, 0.717) is 30.4 Å². The second-order valence-corrected chi connectivity index (χ2v) is 5.78. The second-order valence-electron chi connectivity index (χ2n) is 5.78. The van der Waals surface area contributed by atoms with E-state index in [-0.39, 0.29) is 11.7 Å². The van der Waals surface area contributed by atoms with Crippen molar-refractivity contribution in [3.63, 3.8) is 0 Å². The standard InChI is InChI=1S/C16H15FN6O/c1-10-16(24)22(8-11-3-2-4-12(17)7-11)9-14-20-21-15(23(10)14)13-5-6-18-19-13/h2-7,10H,8-9H2,1H3,(H,18,19)/t10-/m0/s1. The molecule has 0 unspecified atom stereocenters. The molecule has 1 atom stereocenters. The number of nitrogens with zero attached hydrogens (tertiary/aromatic N) is 5. The molecule has 0 bridgehead atoms. The van der Waals surface area contributed by atoms with E-state index in [4.69, 9.17) is 0 Å². The maximum absolute atomic E-state index is 13.4. The van der Waals surface area contributed by atoms with Crippen molar-refractivity contribution in [2.45, 2.75) is 26.1 Å². The monoisotopic (exact) mass is 326 g/mol. The summed E-state index contributed by atoms with van der Waals surface area (Å²) in [7, 11) is 0. The van der Waals surface area contributed by atoms with Gasteiger partial charge >= 0.3 is 0 Å². The lowest BCUT2D eigenvalue weighted by atomic mass is 10.1. The molecule has 0 spiro atoms. The van der Waals surface area contributed by atoms with Crippen LogP contribution < -0.4 is 0 Å². The summed E-state index contributed by atoms with van der Waals surface area (Å²) in [5.74, 6) is 0.930. The minimum atomic E-state index is -0.435. The lowest BCUT2D eigenvalue weighted by Gasteiger charge is -2.32. The van der Waals surface area contributed by atoms with Crippen molar-refractivity contribution < 1.29 is 9.18 Å². The average Bonchev–Trinajstić information content (AvgIpc) is 3.21. The fourth-order valence-electron chi connectivity index (χ4n) is 3.02. The summed E-state index contributed by atoms with van der Waals surface area (Å²) >= 11 is 0. The van der Waals surface area contributed by atoms with Gasteiger partial charge in [0.15, 0.2) is 11.6 Å². The van der Waals surface area contributed by atoms with Crippen molar-refractivity contribution in [2.75, 3.05) is 0 Å². The van der Waals surface area contributed by atoms with Crippen LogP contribution in [-0.2, 0) is 17.9 Å². The Bertz CT molecular complexity index is 888. The topological polar surface area (TPSA) is 79.7 Å². The Balaban J connectivity index is 1.65. The number of nitrogens with one attached hydrogen (secondary N) is 1. The molecular weight excluding hydrogens is 311 g/mol. The van der Waals surface area contributed by atoms with Gasteiger partial charge in [0.25, 0.3) is 0 Å². The molecule has 1 aromatic carbocycles. The number of amides is 1. The van der Waals surface area contributed by atoms with Gasteiger partial charge in [0, 0.05) is 12.7 Å².